The smallest absolute Gasteiger partial charge is 0.267 e. The number of hydroxylamine groups is 1. The van der Waals surface area contributed by atoms with E-state index in [1.54, 1.807) is 24.3 Å². The van der Waals surface area contributed by atoms with Gasteiger partial charge >= 0.3 is 0 Å². The Morgan fingerprint density at radius 3 is 2.29 bits per heavy atom. The van der Waals surface area contributed by atoms with Crippen molar-refractivity contribution < 1.29 is 24.0 Å². The van der Waals surface area contributed by atoms with Crippen LogP contribution in [0.3, 0.4) is 0 Å². The molecule has 3 amide bonds. The second-order valence-electron chi connectivity index (χ2n) is 6.01. The maximum atomic E-state index is 14.3. The number of amides is 3. The van der Waals surface area contributed by atoms with E-state index in [4.69, 9.17) is 16.7 Å². The molecule has 0 fully saturated rings. The molecule has 0 saturated carbocycles. The first-order valence-electron chi connectivity index (χ1n) is 8.74. The van der Waals surface area contributed by atoms with Crippen molar-refractivity contribution in [3.05, 3.63) is 65.0 Å². The van der Waals surface area contributed by atoms with E-state index < -0.39 is 23.7 Å². The summed E-state index contributed by atoms with van der Waals surface area (Å²) in [5.74, 6) is 2.78. The highest BCUT2D eigenvalue weighted by Gasteiger charge is 2.20. The molecule has 0 aliphatic rings. The number of rotatable bonds is 6. The molecule has 2 aromatic rings. The highest BCUT2D eigenvalue weighted by molar-refractivity contribution is 5.97. The first kappa shape index (κ1) is 25.3. The molecule has 1 atom stereocenters. The van der Waals surface area contributed by atoms with Gasteiger partial charge in [-0.2, -0.15) is 0 Å². The fourth-order valence-electron chi connectivity index (χ4n) is 2.30. The van der Waals surface area contributed by atoms with Gasteiger partial charge in [0.1, 0.15) is 11.9 Å². The lowest BCUT2D eigenvalue weighted by Crippen LogP contribution is -2.50. The fourth-order valence-corrected chi connectivity index (χ4v) is 2.30. The molecule has 2 rings (SSSR count). The van der Waals surface area contributed by atoms with Gasteiger partial charge in [0.2, 0.25) is 5.91 Å². The van der Waals surface area contributed by atoms with Crippen LogP contribution in [0.5, 0.6) is 0 Å². The summed E-state index contributed by atoms with van der Waals surface area (Å²) in [7, 11) is 0. The molecule has 31 heavy (non-hydrogen) atoms. The van der Waals surface area contributed by atoms with Crippen LogP contribution in [-0.2, 0) is 9.59 Å². The predicted octanol–water partition coefficient (Wildman–Crippen LogP) is 0.321. The van der Waals surface area contributed by atoms with E-state index in [1.807, 2.05) is 0 Å². The Labute approximate surface area is 179 Å². The van der Waals surface area contributed by atoms with E-state index in [9.17, 15) is 18.8 Å². The SMILES string of the molecule is C.NCC(=O)Nc1ccc(C#Cc2ccc(C(=O)N[C@@H](CN)C(=O)NO)cc2F)cc1. The lowest BCUT2D eigenvalue weighted by atomic mass is 10.1. The summed E-state index contributed by atoms with van der Waals surface area (Å²) in [5, 5.41) is 13.5. The first-order valence-corrected chi connectivity index (χ1v) is 8.74. The Hall–Kier alpha value is -3.78. The van der Waals surface area contributed by atoms with E-state index in [-0.39, 0.29) is 37.6 Å². The molecule has 2 aromatic carbocycles. The number of anilines is 1. The lowest BCUT2D eigenvalue weighted by molar-refractivity contribution is -0.130. The van der Waals surface area contributed by atoms with Gasteiger partial charge in [0.15, 0.2) is 0 Å². The van der Waals surface area contributed by atoms with Gasteiger partial charge in [-0.3, -0.25) is 19.6 Å². The molecule has 0 unspecified atom stereocenters. The summed E-state index contributed by atoms with van der Waals surface area (Å²) in [6.45, 7) is -0.380. The quantitative estimate of drug-likeness (QED) is 0.220. The number of halogens is 1. The van der Waals surface area contributed by atoms with E-state index in [0.717, 1.165) is 6.07 Å². The molecule has 0 heterocycles. The Morgan fingerprint density at radius 1 is 1.06 bits per heavy atom. The van der Waals surface area contributed by atoms with Crippen LogP contribution in [0.15, 0.2) is 42.5 Å². The number of hydrogen-bond donors (Lipinski definition) is 6. The summed E-state index contributed by atoms with van der Waals surface area (Å²) in [6.07, 6.45) is 0. The highest BCUT2D eigenvalue weighted by atomic mass is 19.1. The van der Waals surface area contributed by atoms with Crippen LogP contribution in [0.4, 0.5) is 10.1 Å². The second-order valence-corrected chi connectivity index (χ2v) is 6.01. The van der Waals surface area contributed by atoms with Crippen LogP contribution in [0.2, 0.25) is 0 Å². The van der Waals surface area contributed by atoms with Crippen molar-refractivity contribution in [3.63, 3.8) is 0 Å². The number of carbonyl (C=O) groups is 3. The highest BCUT2D eigenvalue weighted by Crippen LogP contribution is 2.12. The first-order chi connectivity index (χ1) is 14.4. The van der Waals surface area contributed by atoms with E-state index in [0.29, 0.717) is 11.3 Å². The minimum absolute atomic E-state index is 0. The Bertz CT molecular complexity index is 999. The number of carbonyl (C=O) groups excluding carboxylic acids is 3. The van der Waals surface area contributed by atoms with Crippen molar-refractivity contribution in [2.24, 2.45) is 11.5 Å². The van der Waals surface area contributed by atoms with Gasteiger partial charge in [-0.1, -0.05) is 19.3 Å². The van der Waals surface area contributed by atoms with Crippen molar-refractivity contribution in [1.29, 1.82) is 0 Å². The largest absolute Gasteiger partial charge is 0.339 e. The summed E-state index contributed by atoms with van der Waals surface area (Å²) in [5.41, 5.74) is 13.1. The topological polar surface area (TPSA) is 160 Å². The van der Waals surface area contributed by atoms with Gasteiger partial charge in [0, 0.05) is 23.4 Å². The maximum Gasteiger partial charge on any atom is 0.267 e. The normalized spacial score (nSPS) is 10.6. The van der Waals surface area contributed by atoms with Crippen LogP contribution in [0.25, 0.3) is 0 Å². The number of nitrogens with one attached hydrogen (secondary N) is 3. The van der Waals surface area contributed by atoms with Gasteiger partial charge in [-0.05, 0) is 42.5 Å². The third-order valence-electron chi connectivity index (χ3n) is 3.89. The van der Waals surface area contributed by atoms with E-state index in [1.165, 1.54) is 17.6 Å². The third-order valence-corrected chi connectivity index (χ3v) is 3.89. The zero-order valence-corrected chi connectivity index (χ0v) is 15.7. The second kappa shape index (κ2) is 12.0. The molecule has 0 spiro atoms. The maximum absolute atomic E-state index is 14.3. The number of nitrogens with two attached hydrogens (primary N) is 2. The molecule has 9 nitrogen and oxygen atoms in total. The molecule has 0 aromatic heterocycles. The number of benzene rings is 2. The number of hydrogen-bond acceptors (Lipinski definition) is 6. The van der Waals surface area contributed by atoms with E-state index in [2.05, 4.69) is 22.5 Å². The van der Waals surface area contributed by atoms with E-state index >= 15 is 0 Å². The Kier molecular flexibility index (Phi) is 9.81. The molecule has 0 radical (unpaired) electrons. The molecule has 10 heteroatoms. The minimum Gasteiger partial charge on any atom is -0.339 e. The van der Waals surface area contributed by atoms with Crippen LogP contribution in [0, 0.1) is 17.7 Å². The Morgan fingerprint density at radius 2 is 1.74 bits per heavy atom. The summed E-state index contributed by atoms with van der Waals surface area (Å²) in [4.78, 5) is 34.7. The summed E-state index contributed by atoms with van der Waals surface area (Å²) >= 11 is 0. The van der Waals surface area contributed by atoms with Crippen molar-refractivity contribution in [2.75, 3.05) is 18.4 Å². The zero-order chi connectivity index (χ0) is 22.1. The van der Waals surface area contributed by atoms with Crippen molar-refractivity contribution in [1.82, 2.24) is 10.8 Å². The molecule has 0 saturated heterocycles. The minimum atomic E-state index is -1.16. The third kappa shape index (κ3) is 7.20. The fraction of sp³-hybridized carbons (Fsp3) is 0.190. The molecule has 164 valence electrons. The van der Waals surface area contributed by atoms with Gasteiger partial charge in [-0.25, -0.2) is 9.87 Å². The molecule has 0 bridgehead atoms. The standard InChI is InChI=1S/C20H20FN5O4.CH4/c21-16-9-14(19(28)25-17(10-22)20(29)26-30)6-5-13(16)4-1-12-2-7-15(8-3-12)24-18(27)11-23;/h2-3,5-9,17,30H,10-11,22-23H2,(H,24,27)(H,25,28)(H,26,29);1H4/t17-;/m0./s1. The van der Waals surface area contributed by atoms with Crippen molar-refractivity contribution in [2.45, 2.75) is 13.5 Å². The summed E-state index contributed by atoms with van der Waals surface area (Å²) in [6, 6.07) is 9.07. The van der Waals surface area contributed by atoms with Crippen LogP contribution in [0.1, 0.15) is 28.9 Å². The van der Waals surface area contributed by atoms with Crippen molar-refractivity contribution in [3.8, 4) is 11.8 Å². The van der Waals surface area contributed by atoms with Gasteiger partial charge in [0.25, 0.3) is 11.8 Å². The predicted molar refractivity (Wildman–Crippen MR) is 113 cm³/mol. The molecule has 0 aliphatic carbocycles. The molecular formula is C21H24FN5O4. The van der Waals surface area contributed by atoms with Gasteiger partial charge < -0.3 is 22.1 Å². The molecular weight excluding hydrogens is 405 g/mol. The van der Waals surface area contributed by atoms with Gasteiger partial charge in [-0.15, -0.1) is 0 Å². The van der Waals surface area contributed by atoms with Crippen LogP contribution in [-0.4, -0.2) is 42.1 Å². The van der Waals surface area contributed by atoms with Crippen LogP contribution < -0.4 is 27.6 Å². The average molecular weight is 429 g/mol. The van der Waals surface area contributed by atoms with Crippen molar-refractivity contribution >= 4 is 23.4 Å². The van der Waals surface area contributed by atoms with Gasteiger partial charge in [0.05, 0.1) is 12.1 Å². The monoisotopic (exact) mass is 429 g/mol. The Balaban J connectivity index is 0.00000480. The molecule has 0 aliphatic heterocycles. The molecule has 8 N–H and O–H groups in total. The van der Waals surface area contributed by atoms with Crippen LogP contribution >= 0.6 is 0 Å². The average Bonchev–Trinajstić information content (AvgIpc) is 2.76. The summed E-state index contributed by atoms with van der Waals surface area (Å²) < 4.78 is 14.3. The lowest BCUT2D eigenvalue weighted by Gasteiger charge is -2.14. The zero-order valence-electron chi connectivity index (χ0n) is 15.7.